The molecule has 0 saturated carbocycles. The Morgan fingerprint density at radius 3 is 2.72 bits per heavy atom. The molecule has 0 saturated heterocycles. The zero-order chi connectivity index (χ0) is 13.1. The van der Waals surface area contributed by atoms with E-state index >= 15 is 0 Å². The first-order valence-corrected chi connectivity index (χ1v) is 6.16. The first-order valence-electron chi connectivity index (χ1n) is 6.16. The van der Waals surface area contributed by atoms with Gasteiger partial charge in [-0.15, -0.1) is 0 Å². The molecule has 0 atom stereocenters. The molecule has 0 aliphatic carbocycles. The number of anilines is 1. The highest BCUT2D eigenvalue weighted by atomic mass is 16.5. The topological polar surface area (TPSA) is 53.1 Å². The minimum atomic E-state index is 0.668. The molecule has 0 aliphatic heterocycles. The van der Waals surface area contributed by atoms with Crippen molar-refractivity contribution in [1.29, 1.82) is 0 Å². The van der Waals surface area contributed by atoms with Crippen LogP contribution in [-0.4, -0.2) is 16.2 Å². The molecule has 0 amide bonds. The number of benzene rings is 1. The van der Waals surface area contributed by atoms with Crippen LogP contribution in [0.15, 0.2) is 24.5 Å². The summed E-state index contributed by atoms with van der Waals surface area (Å²) in [5, 5.41) is 0. The quantitative estimate of drug-likeness (QED) is 0.843. The van der Waals surface area contributed by atoms with Gasteiger partial charge in [-0.3, -0.25) is 0 Å². The average molecular weight is 245 g/mol. The van der Waals surface area contributed by atoms with E-state index in [0.717, 1.165) is 29.2 Å². The summed E-state index contributed by atoms with van der Waals surface area (Å²) in [6, 6.07) is 5.80. The average Bonchev–Trinajstić information content (AvgIpc) is 2.69. The fourth-order valence-corrected chi connectivity index (χ4v) is 1.77. The van der Waals surface area contributed by atoms with Gasteiger partial charge in [-0.2, -0.15) is 0 Å². The summed E-state index contributed by atoms with van der Waals surface area (Å²) in [5.41, 5.74) is 9.75. The minimum absolute atomic E-state index is 0.668. The molecule has 0 aliphatic rings. The molecular weight excluding hydrogens is 226 g/mol. The van der Waals surface area contributed by atoms with Gasteiger partial charge in [0.15, 0.2) is 0 Å². The number of imidazole rings is 1. The molecule has 2 aromatic rings. The zero-order valence-corrected chi connectivity index (χ0v) is 11.1. The van der Waals surface area contributed by atoms with Crippen LogP contribution >= 0.6 is 0 Å². The van der Waals surface area contributed by atoms with Gasteiger partial charge in [0.1, 0.15) is 5.75 Å². The predicted molar refractivity (Wildman–Crippen MR) is 73.2 cm³/mol. The molecule has 2 N–H and O–H groups in total. The van der Waals surface area contributed by atoms with E-state index in [9.17, 15) is 0 Å². The van der Waals surface area contributed by atoms with Crippen molar-refractivity contribution in [3.05, 3.63) is 35.9 Å². The van der Waals surface area contributed by atoms with Gasteiger partial charge in [0, 0.05) is 11.8 Å². The molecule has 96 valence electrons. The number of ether oxygens (including phenoxy) is 1. The molecule has 4 nitrogen and oxygen atoms in total. The zero-order valence-electron chi connectivity index (χ0n) is 11.1. The van der Waals surface area contributed by atoms with E-state index in [4.69, 9.17) is 10.5 Å². The summed E-state index contributed by atoms with van der Waals surface area (Å²) >= 11 is 0. The van der Waals surface area contributed by atoms with Gasteiger partial charge in [0.25, 0.3) is 0 Å². The van der Waals surface area contributed by atoms with E-state index in [1.807, 2.05) is 42.9 Å². The minimum Gasteiger partial charge on any atom is -0.491 e. The Hall–Kier alpha value is -1.97. The highest BCUT2D eigenvalue weighted by molar-refractivity contribution is 5.57. The van der Waals surface area contributed by atoms with Crippen molar-refractivity contribution < 1.29 is 4.74 Å². The highest BCUT2D eigenvalue weighted by Crippen LogP contribution is 2.26. The fraction of sp³-hybridized carbons (Fsp3) is 0.357. The van der Waals surface area contributed by atoms with Gasteiger partial charge in [-0.05, 0) is 32.4 Å². The molecule has 2 rings (SSSR count). The highest BCUT2D eigenvalue weighted by Gasteiger charge is 2.07. The number of nitrogen functional groups attached to an aromatic ring is 1. The maximum Gasteiger partial charge on any atom is 0.144 e. The third kappa shape index (κ3) is 2.32. The van der Waals surface area contributed by atoms with E-state index in [1.165, 1.54) is 0 Å². The third-order valence-corrected chi connectivity index (χ3v) is 2.99. The second kappa shape index (κ2) is 5.12. The van der Waals surface area contributed by atoms with E-state index < -0.39 is 0 Å². The Morgan fingerprint density at radius 2 is 2.11 bits per heavy atom. The van der Waals surface area contributed by atoms with Gasteiger partial charge >= 0.3 is 0 Å². The van der Waals surface area contributed by atoms with Crippen molar-refractivity contribution in [2.45, 2.75) is 27.2 Å². The number of hydrogen-bond acceptors (Lipinski definition) is 3. The first-order chi connectivity index (χ1) is 8.63. The third-order valence-electron chi connectivity index (χ3n) is 2.99. The summed E-state index contributed by atoms with van der Waals surface area (Å²) in [6.07, 6.45) is 2.78. The number of aromatic nitrogens is 2. The van der Waals surface area contributed by atoms with Crippen molar-refractivity contribution in [1.82, 2.24) is 9.55 Å². The fourth-order valence-electron chi connectivity index (χ4n) is 1.77. The van der Waals surface area contributed by atoms with Crippen LogP contribution in [0.25, 0.3) is 5.69 Å². The molecule has 4 heteroatoms. The van der Waals surface area contributed by atoms with Crippen LogP contribution in [0.1, 0.15) is 24.7 Å². The van der Waals surface area contributed by atoms with E-state index in [2.05, 4.69) is 11.9 Å². The van der Waals surface area contributed by atoms with Gasteiger partial charge < -0.3 is 15.0 Å². The number of nitrogens with zero attached hydrogens (tertiary/aromatic N) is 2. The Bertz CT molecular complexity index is 546. The summed E-state index contributed by atoms with van der Waals surface area (Å²) < 4.78 is 7.67. The van der Waals surface area contributed by atoms with Crippen LogP contribution < -0.4 is 10.5 Å². The normalized spacial score (nSPS) is 10.6. The molecule has 0 fully saturated rings. The first kappa shape index (κ1) is 12.5. The summed E-state index contributed by atoms with van der Waals surface area (Å²) in [5.74, 6) is 0.736. The smallest absolute Gasteiger partial charge is 0.144 e. The molecule has 1 heterocycles. The Balaban J connectivity index is 2.37. The molecular formula is C14H19N3O. The Labute approximate surface area is 107 Å². The Kier molecular flexibility index (Phi) is 3.55. The standard InChI is InChI=1S/C14H19N3O/c1-4-7-18-14-8-12(5-6-13(14)15)17-9-16-10(2)11(17)3/h5-6,8-9H,4,7,15H2,1-3H3. The van der Waals surface area contributed by atoms with Gasteiger partial charge in [-0.1, -0.05) is 6.92 Å². The van der Waals surface area contributed by atoms with Crippen molar-refractivity contribution >= 4 is 5.69 Å². The van der Waals surface area contributed by atoms with Crippen LogP contribution in [0.3, 0.4) is 0 Å². The monoisotopic (exact) mass is 245 g/mol. The second-order valence-corrected chi connectivity index (χ2v) is 4.36. The van der Waals surface area contributed by atoms with Crippen molar-refractivity contribution in [2.24, 2.45) is 0 Å². The van der Waals surface area contributed by atoms with Crippen molar-refractivity contribution in [3.63, 3.8) is 0 Å². The van der Waals surface area contributed by atoms with Crippen LogP contribution in [0.5, 0.6) is 5.75 Å². The number of rotatable bonds is 4. The SMILES string of the molecule is CCCOc1cc(-n2cnc(C)c2C)ccc1N. The second-order valence-electron chi connectivity index (χ2n) is 4.36. The molecule has 18 heavy (non-hydrogen) atoms. The molecule has 0 radical (unpaired) electrons. The lowest BCUT2D eigenvalue weighted by atomic mass is 10.2. The molecule has 0 spiro atoms. The lowest BCUT2D eigenvalue weighted by Crippen LogP contribution is -2.01. The number of aryl methyl sites for hydroxylation is 1. The van der Waals surface area contributed by atoms with Gasteiger partial charge in [0.05, 0.1) is 30.0 Å². The van der Waals surface area contributed by atoms with Gasteiger partial charge in [-0.25, -0.2) is 4.98 Å². The van der Waals surface area contributed by atoms with Crippen LogP contribution in [0.4, 0.5) is 5.69 Å². The molecule has 0 bridgehead atoms. The van der Waals surface area contributed by atoms with E-state index in [-0.39, 0.29) is 0 Å². The lowest BCUT2D eigenvalue weighted by Gasteiger charge is -2.11. The largest absolute Gasteiger partial charge is 0.491 e. The van der Waals surface area contributed by atoms with Crippen LogP contribution in [0.2, 0.25) is 0 Å². The van der Waals surface area contributed by atoms with Crippen molar-refractivity contribution in [2.75, 3.05) is 12.3 Å². The maximum atomic E-state index is 5.90. The Morgan fingerprint density at radius 1 is 1.33 bits per heavy atom. The van der Waals surface area contributed by atoms with E-state index in [1.54, 1.807) is 0 Å². The van der Waals surface area contributed by atoms with E-state index in [0.29, 0.717) is 12.3 Å². The van der Waals surface area contributed by atoms with Gasteiger partial charge in [0.2, 0.25) is 0 Å². The lowest BCUT2D eigenvalue weighted by molar-refractivity contribution is 0.319. The predicted octanol–water partition coefficient (Wildman–Crippen LogP) is 2.86. The number of hydrogen-bond donors (Lipinski definition) is 1. The number of nitrogens with two attached hydrogens (primary N) is 1. The molecule has 0 unspecified atom stereocenters. The molecule has 1 aromatic heterocycles. The molecule has 1 aromatic carbocycles. The summed E-state index contributed by atoms with van der Waals surface area (Å²) in [4.78, 5) is 4.30. The van der Waals surface area contributed by atoms with Crippen molar-refractivity contribution in [3.8, 4) is 11.4 Å². The van der Waals surface area contributed by atoms with Crippen LogP contribution in [0, 0.1) is 13.8 Å². The van der Waals surface area contributed by atoms with Crippen LogP contribution in [-0.2, 0) is 0 Å². The maximum absolute atomic E-state index is 5.90. The summed E-state index contributed by atoms with van der Waals surface area (Å²) in [7, 11) is 0. The summed E-state index contributed by atoms with van der Waals surface area (Å²) in [6.45, 7) is 6.79.